The molecule has 0 aliphatic heterocycles. The van der Waals surface area contributed by atoms with Gasteiger partial charge in [0.05, 0.1) is 5.71 Å². The minimum atomic E-state index is -0.439. The molecule has 1 heterocycles. The van der Waals surface area contributed by atoms with E-state index in [4.69, 9.17) is 9.83 Å². The van der Waals surface area contributed by atoms with Crippen molar-refractivity contribution in [2.45, 2.75) is 12.8 Å². The minimum Gasteiger partial charge on any atom is -0.438 e. The summed E-state index contributed by atoms with van der Waals surface area (Å²) >= 11 is 0. The van der Waals surface area contributed by atoms with Crippen LogP contribution in [0.1, 0.15) is 27.9 Å². The molecule has 3 aromatic rings. The van der Waals surface area contributed by atoms with Gasteiger partial charge in [-0.15, -0.1) is 0 Å². The molecule has 2 aromatic carbocycles. The average molecular weight is 317 g/mol. The number of hydrazone groups is 1. The fourth-order valence-electron chi connectivity index (χ4n) is 2.95. The fourth-order valence-corrected chi connectivity index (χ4v) is 2.95. The smallest absolute Gasteiger partial charge is 0.276 e. The predicted octanol–water partition coefficient (Wildman–Crippen LogP) is 2.99. The Balaban J connectivity index is 1.63. The van der Waals surface area contributed by atoms with Crippen LogP contribution in [-0.4, -0.2) is 11.6 Å². The third-order valence-corrected chi connectivity index (χ3v) is 4.17. The van der Waals surface area contributed by atoms with E-state index in [2.05, 4.69) is 16.6 Å². The van der Waals surface area contributed by atoms with E-state index >= 15 is 0 Å². The van der Waals surface area contributed by atoms with E-state index in [1.165, 1.54) is 5.56 Å². The van der Waals surface area contributed by atoms with Gasteiger partial charge in [-0.25, -0.2) is 5.43 Å². The number of nitrogens with one attached hydrogen (secondary N) is 2. The normalized spacial score (nSPS) is 14.8. The van der Waals surface area contributed by atoms with Crippen LogP contribution in [0, 0.1) is 5.41 Å². The van der Waals surface area contributed by atoms with Gasteiger partial charge in [0.25, 0.3) is 5.91 Å². The topological polar surface area (TPSA) is 78.5 Å². The van der Waals surface area contributed by atoms with Crippen LogP contribution in [0.15, 0.2) is 64.1 Å². The molecule has 4 rings (SSSR count). The summed E-state index contributed by atoms with van der Waals surface area (Å²) in [7, 11) is 0. The molecule has 1 amide bonds. The highest BCUT2D eigenvalue weighted by atomic mass is 16.3. The van der Waals surface area contributed by atoms with Crippen LogP contribution in [0.5, 0.6) is 0 Å². The highest BCUT2D eigenvalue weighted by Crippen LogP contribution is 2.21. The molecule has 118 valence electrons. The molecule has 0 atom stereocenters. The van der Waals surface area contributed by atoms with Gasteiger partial charge in [-0.3, -0.25) is 10.2 Å². The Labute approximate surface area is 138 Å². The van der Waals surface area contributed by atoms with E-state index in [1.54, 1.807) is 12.1 Å². The van der Waals surface area contributed by atoms with E-state index in [0.29, 0.717) is 5.58 Å². The van der Waals surface area contributed by atoms with Crippen molar-refractivity contribution >= 4 is 22.6 Å². The first-order valence-electron chi connectivity index (χ1n) is 7.75. The molecule has 0 saturated heterocycles. The SMILES string of the molecule is N=c1oc2ccccc2cc1C(=O)N/N=C1/CCc2ccccc21. The van der Waals surface area contributed by atoms with Crippen molar-refractivity contribution in [3.05, 3.63) is 76.8 Å². The number of aryl methyl sites for hydroxylation is 1. The second kappa shape index (κ2) is 5.77. The molecular formula is C19H15N3O2. The number of hydrogen-bond donors (Lipinski definition) is 2. The number of para-hydroxylation sites is 1. The zero-order valence-electron chi connectivity index (χ0n) is 12.9. The Bertz CT molecular complexity index is 1030. The zero-order valence-corrected chi connectivity index (χ0v) is 12.9. The van der Waals surface area contributed by atoms with E-state index in [-0.39, 0.29) is 11.1 Å². The van der Waals surface area contributed by atoms with Gasteiger partial charge in [0, 0.05) is 10.9 Å². The van der Waals surface area contributed by atoms with Crippen molar-refractivity contribution in [1.82, 2.24) is 5.43 Å². The molecule has 0 saturated carbocycles. The minimum absolute atomic E-state index is 0.168. The first-order chi connectivity index (χ1) is 11.7. The second-order valence-electron chi connectivity index (χ2n) is 5.68. The summed E-state index contributed by atoms with van der Waals surface area (Å²) in [4.78, 5) is 12.4. The third-order valence-electron chi connectivity index (χ3n) is 4.17. The maximum absolute atomic E-state index is 12.4. The molecule has 0 spiro atoms. The number of carbonyl (C=O) groups excluding carboxylic acids is 1. The van der Waals surface area contributed by atoms with Gasteiger partial charge in [0.2, 0.25) is 5.55 Å². The van der Waals surface area contributed by atoms with E-state index in [9.17, 15) is 4.79 Å². The van der Waals surface area contributed by atoms with Crippen molar-refractivity contribution in [1.29, 1.82) is 5.41 Å². The van der Waals surface area contributed by atoms with Crippen molar-refractivity contribution in [2.24, 2.45) is 5.10 Å². The van der Waals surface area contributed by atoms with E-state index in [1.807, 2.05) is 36.4 Å². The summed E-state index contributed by atoms with van der Waals surface area (Å²) in [6.45, 7) is 0. The quantitative estimate of drug-likeness (QED) is 0.713. The molecular weight excluding hydrogens is 302 g/mol. The fraction of sp³-hybridized carbons (Fsp3) is 0.105. The number of fused-ring (bicyclic) bond motifs is 2. The summed E-state index contributed by atoms with van der Waals surface area (Å²) in [6, 6.07) is 17.0. The Kier molecular flexibility index (Phi) is 3.46. The zero-order chi connectivity index (χ0) is 16.5. The third kappa shape index (κ3) is 2.50. The number of benzene rings is 2. The molecule has 1 aliphatic carbocycles. The van der Waals surface area contributed by atoms with Crippen LogP contribution < -0.4 is 11.0 Å². The number of rotatable bonds is 2. The molecule has 0 fully saturated rings. The Hall–Kier alpha value is -3.21. The van der Waals surface area contributed by atoms with Gasteiger partial charge >= 0.3 is 0 Å². The highest BCUT2D eigenvalue weighted by molar-refractivity contribution is 6.05. The van der Waals surface area contributed by atoms with Gasteiger partial charge in [-0.05, 0) is 30.5 Å². The lowest BCUT2D eigenvalue weighted by Gasteiger charge is -2.04. The van der Waals surface area contributed by atoms with Crippen LogP contribution >= 0.6 is 0 Å². The Morgan fingerprint density at radius 1 is 1.08 bits per heavy atom. The number of carbonyl (C=O) groups is 1. The largest absolute Gasteiger partial charge is 0.438 e. The number of nitrogens with zero attached hydrogens (tertiary/aromatic N) is 1. The van der Waals surface area contributed by atoms with Crippen LogP contribution in [0.2, 0.25) is 0 Å². The second-order valence-corrected chi connectivity index (χ2v) is 5.68. The number of amides is 1. The standard InChI is InChI=1S/C19H15N3O2/c20-18-15(11-13-6-2-4-8-17(13)24-18)19(23)22-21-16-10-9-12-5-1-3-7-14(12)16/h1-8,11,20H,9-10H2,(H,22,23)/b20-18?,21-16-. The number of hydrogen-bond acceptors (Lipinski definition) is 4. The van der Waals surface area contributed by atoms with Gasteiger partial charge in [-0.1, -0.05) is 42.5 Å². The monoisotopic (exact) mass is 317 g/mol. The molecule has 5 heteroatoms. The lowest BCUT2D eigenvalue weighted by atomic mass is 10.1. The lowest BCUT2D eigenvalue weighted by molar-refractivity contribution is 0.0950. The highest BCUT2D eigenvalue weighted by Gasteiger charge is 2.18. The van der Waals surface area contributed by atoms with Crippen molar-refractivity contribution in [2.75, 3.05) is 0 Å². The molecule has 0 unspecified atom stereocenters. The van der Waals surface area contributed by atoms with E-state index in [0.717, 1.165) is 29.5 Å². The first-order valence-corrected chi connectivity index (χ1v) is 7.75. The molecule has 0 bridgehead atoms. The lowest BCUT2D eigenvalue weighted by Crippen LogP contribution is -2.25. The van der Waals surface area contributed by atoms with Crippen LogP contribution in [0.3, 0.4) is 0 Å². The summed E-state index contributed by atoms with van der Waals surface area (Å²) in [6.07, 6.45) is 1.73. The van der Waals surface area contributed by atoms with Crippen LogP contribution in [0.4, 0.5) is 0 Å². The molecule has 1 aliphatic rings. The van der Waals surface area contributed by atoms with Crippen LogP contribution in [-0.2, 0) is 6.42 Å². The average Bonchev–Trinajstić information content (AvgIpc) is 3.02. The Morgan fingerprint density at radius 2 is 1.88 bits per heavy atom. The maximum Gasteiger partial charge on any atom is 0.276 e. The molecule has 0 radical (unpaired) electrons. The molecule has 1 aromatic heterocycles. The first kappa shape index (κ1) is 14.4. The van der Waals surface area contributed by atoms with Crippen molar-refractivity contribution in [3.63, 3.8) is 0 Å². The Morgan fingerprint density at radius 3 is 2.79 bits per heavy atom. The van der Waals surface area contributed by atoms with Gasteiger partial charge in [0.15, 0.2) is 0 Å². The summed E-state index contributed by atoms with van der Waals surface area (Å²) in [5.74, 6) is -0.439. The van der Waals surface area contributed by atoms with Crippen LogP contribution in [0.25, 0.3) is 11.0 Å². The summed E-state index contributed by atoms with van der Waals surface area (Å²) in [5, 5.41) is 12.9. The molecule has 5 nitrogen and oxygen atoms in total. The molecule has 2 N–H and O–H groups in total. The maximum atomic E-state index is 12.4. The summed E-state index contributed by atoms with van der Waals surface area (Å²) < 4.78 is 5.40. The van der Waals surface area contributed by atoms with Gasteiger partial charge < -0.3 is 4.42 Å². The van der Waals surface area contributed by atoms with Gasteiger partial charge in [-0.2, -0.15) is 5.10 Å². The van der Waals surface area contributed by atoms with Crippen molar-refractivity contribution in [3.8, 4) is 0 Å². The van der Waals surface area contributed by atoms with Gasteiger partial charge in [0.1, 0.15) is 11.1 Å². The van der Waals surface area contributed by atoms with Crippen molar-refractivity contribution < 1.29 is 9.21 Å². The molecule has 24 heavy (non-hydrogen) atoms. The van der Waals surface area contributed by atoms with E-state index < -0.39 is 5.91 Å². The summed E-state index contributed by atoms with van der Waals surface area (Å²) in [5.41, 5.74) is 6.32. The predicted molar refractivity (Wildman–Crippen MR) is 90.8 cm³/mol.